The Bertz CT molecular complexity index is 395. The molecule has 0 heterocycles. The number of halogens is 1. The van der Waals surface area contributed by atoms with E-state index in [1.54, 1.807) is 0 Å². The van der Waals surface area contributed by atoms with Gasteiger partial charge < -0.3 is 9.05 Å². The van der Waals surface area contributed by atoms with Crippen LogP contribution in [0.4, 0.5) is 0 Å². The summed E-state index contributed by atoms with van der Waals surface area (Å²) in [6.07, 6.45) is 0.385. The maximum Gasteiger partial charge on any atom is 0.331 e. The molecule has 0 bridgehead atoms. The van der Waals surface area contributed by atoms with Crippen LogP contribution < -0.4 is 0 Å². The molecule has 3 nitrogen and oxygen atoms in total. The second-order valence-electron chi connectivity index (χ2n) is 4.08. The highest BCUT2D eigenvalue weighted by Gasteiger charge is 2.27. The van der Waals surface area contributed by atoms with E-state index >= 15 is 0 Å². The highest BCUT2D eigenvalue weighted by molar-refractivity contribution is 7.53. The highest BCUT2D eigenvalue weighted by Crippen LogP contribution is 2.51. The molecular formula is C13H20ClO3P. The minimum atomic E-state index is -2.99. The summed E-state index contributed by atoms with van der Waals surface area (Å²) >= 11 is 5.84. The lowest BCUT2D eigenvalue weighted by Gasteiger charge is -2.21. The molecule has 0 aromatic heterocycles. The van der Waals surface area contributed by atoms with Crippen LogP contribution in [0.2, 0.25) is 5.02 Å². The van der Waals surface area contributed by atoms with Crippen molar-refractivity contribution in [1.29, 1.82) is 0 Å². The number of hydrogen-bond acceptors (Lipinski definition) is 3. The molecule has 0 aliphatic rings. The molecule has 1 aromatic rings. The summed E-state index contributed by atoms with van der Waals surface area (Å²) in [6.45, 7) is 6.43. The predicted molar refractivity (Wildman–Crippen MR) is 75.6 cm³/mol. The lowest BCUT2D eigenvalue weighted by atomic mass is 10.0. The lowest BCUT2D eigenvalue weighted by Crippen LogP contribution is -2.06. The largest absolute Gasteiger partial charge is 0.331 e. The minimum Gasteiger partial charge on any atom is -0.309 e. The van der Waals surface area contributed by atoms with E-state index < -0.39 is 7.60 Å². The summed E-state index contributed by atoms with van der Waals surface area (Å²) in [5.74, 6) is 0.103. The number of hydrogen-bond donors (Lipinski definition) is 0. The Morgan fingerprint density at radius 1 is 1.17 bits per heavy atom. The van der Waals surface area contributed by atoms with Crippen molar-refractivity contribution in [2.75, 3.05) is 19.4 Å². The second-order valence-corrected chi connectivity index (χ2v) is 6.62. The van der Waals surface area contributed by atoms with Gasteiger partial charge in [0.2, 0.25) is 0 Å². The van der Waals surface area contributed by atoms with Crippen molar-refractivity contribution >= 4 is 19.2 Å². The monoisotopic (exact) mass is 290 g/mol. The van der Waals surface area contributed by atoms with Crippen molar-refractivity contribution in [3.63, 3.8) is 0 Å². The van der Waals surface area contributed by atoms with Gasteiger partial charge in [-0.05, 0) is 37.5 Å². The van der Waals surface area contributed by atoms with Crippen molar-refractivity contribution in [3.05, 3.63) is 34.9 Å². The molecular weight excluding hydrogens is 271 g/mol. The first kappa shape index (κ1) is 15.7. The topological polar surface area (TPSA) is 35.5 Å². The zero-order valence-electron chi connectivity index (χ0n) is 11.1. The standard InChI is InChI=1S/C13H20ClO3P/c1-4-16-18(15,17-5-2)10-11(3)12-6-8-13(14)9-7-12/h6-9,11H,4-5,10H2,1-3H3. The zero-order valence-corrected chi connectivity index (χ0v) is 12.7. The van der Waals surface area contributed by atoms with Crippen LogP contribution in [-0.2, 0) is 13.6 Å². The van der Waals surface area contributed by atoms with Crippen LogP contribution in [0.3, 0.4) is 0 Å². The Balaban J connectivity index is 2.74. The van der Waals surface area contributed by atoms with E-state index in [4.69, 9.17) is 20.6 Å². The molecule has 0 amide bonds. The first-order chi connectivity index (χ1) is 8.50. The van der Waals surface area contributed by atoms with Gasteiger partial charge in [-0.1, -0.05) is 30.7 Å². The summed E-state index contributed by atoms with van der Waals surface area (Å²) in [4.78, 5) is 0. The van der Waals surface area contributed by atoms with Crippen LogP contribution in [0.1, 0.15) is 32.3 Å². The van der Waals surface area contributed by atoms with Crippen molar-refractivity contribution in [2.24, 2.45) is 0 Å². The van der Waals surface area contributed by atoms with Crippen LogP contribution >= 0.6 is 19.2 Å². The molecule has 0 N–H and O–H groups in total. The molecule has 0 radical (unpaired) electrons. The molecule has 0 fully saturated rings. The maximum atomic E-state index is 12.4. The fraction of sp³-hybridized carbons (Fsp3) is 0.538. The quantitative estimate of drug-likeness (QED) is 0.682. The van der Waals surface area contributed by atoms with E-state index in [9.17, 15) is 4.57 Å². The van der Waals surface area contributed by atoms with E-state index in [-0.39, 0.29) is 5.92 Å². The molecule has 0 spiro atoms. The molecule has 102 valence electrons. The fourth-order valence-corrected chi connectivity index (χ4v) is 3.85. The Kier molecular flexibility index (Phi) is 6.37. The van der Waals surface area contributed by atoms with Crippen molar-refractivity contribution in [3.8, 4) is 0 Å². The molecule has 0 aliphatic heterocycles. The van der Waals surface area contributed by atoms with E-state index in [2.05, 4.69) is 0 Å². The van der Waals surface area contributed by atoms with Gasteiger partial charge in [-0.15, -0.1) is 0 Å². The molecule has 1 aromatic carbocycles. The van der Waals surface area contributed by atoms with Gasteiger partial charge in [-0.2, -0.15) is 0 Å². The maximum absolute atomic E-state index is 12.4. The van der Waals surface area contributed by atoms with Crippen molar-refractivity contribution < 1.29 is 13.6 Å². The van der Waals surface area contributed by atoms with Gasteiger partial charge in [-0.25, -0.2) is 0 Å². The molecule has 0 aliphatic carbocycles. The predicted octanol–water partition coefficient (Wildman–Crippen LogP) is 4.71. The normalized spacial score (nSPS) is 13.6. The lowest BCUT2D eigenvalue weighted by molar-refractivity contribution is 0.219. The number of rotatable bonds is 7. The summed E-state index contributed by atoms with van der Waals surface area (Å²) in [7, 11) is -2.99. The molecule has 1 unspecified atom stereocenters. The third-order valence-corrected chi connectivity index (χ3v) is 5.14. The van der Waals surface area contributed by atoms with E-state index in [1.165, 1.54) is 0 Å². The molecule has 5 heteroatoms. The van der Waals surface area contributed by atoms with Gasteiger partial charge in [0.1, 0.15) is 0 Å². The van der Waals surface area contributed by atoms with E-state index in [0.717, 1.165) is 5.56 Å². The molecule has 0 saturated carbocycles. The molecule has 18 heavy (non-hydrogen) atoms. The van der Waals surface area contributed by atoms with Gasteiger partial charge in [-0.3, -0.25) is 4.57 Å². The average Bonchev–Trinajstić information content (AvgIpc) is 2.30. The minimum absolute atomic E-state index is 0.103. The average molecular weight is 291 g/mol. The SMILES string of the molecule is CCOP(=O)(CC(C)c1ccc(Cl)cc1)OCC. The second kappa shape index (κ2) is 7.30. The number of benzene rings is 1. The molecule has 0 saturated heterocycles. The smallest absolute Gasteiger partial charge is 0.309 e. The first-order valence-electron chi connectivity index (χ1n) is 6.14. The Labute approximate surface area is 114 Å². The zero-order chi connectivity index (χ0) is 13.6. The van der Waals surface area contributed by atoms with Gasteiger partial charge in [0.05, 0.1) is 19.4 Å². The van der Waals surface area contributed by atoms with Crippen LogP contribution in [0.15, 0.2) is 24.3 Å². The van der Waals surface area contributed by atoms with Crippen LogP contribution in [0.5, 0.6) is 0 Å². The highest BCUT2D eigenvalue weighted by atomic mass is 35.5. The van der Waals surface area contributed by atoms with Gasteiger partial charge >= 0.3 is 7.60 Å². The summed E-state index contributed by atoms with van der Waals surface area (Å²) in [6, 6.07) is 7.55. The van der Waals surface area contributed by atoms with Gasteiger partial charge in [0, 0.05) is 5.02 Å². The van der Waals surface area contributed by atoms with Crippen LogP contribution in [-0.4, -0.2) is 19.4 Å². The Hall–Kier alpha value is -0.340. The van der Waals surface area contributed by atoms with Crippen LogP contribution in [0, 0.1) is 0 Å². The van der Waals surface area contributed by atoms with Gasteiger partial charge in [0.25, 0.3) is 0 Å². The van der Waals surface area contributed by atoms with Crippen molar-refractivity contribution in [2.45, 2.75) is 26.7 Å². The first-order valence-corrected chi connectivity index (χ1v) is 8.25. The summed E-state index contributed by atoms with van der Waals surface area (Å²) in [5, 5.41) is 0.698. The molecule has 1 rings (SSSR count). The third kappa shape index (κ3) is 4.74. The summed E-state index contributed by atoms with van der Waals surface area (Å²) < 4.78 is 23.0. The van der Waals surface area contributed by atoms with Gasteiger partial charge in [0.15, 0.2) is 0 Å². The van der Waals surface area contributed by atoms with E-state index in [1.807, 2.05) is 45.0 Å². The Morgan fingerprint density at radius 2 is 1.67 bits per heavy atom. The fourth-order valence-electron chi connectivity index (χ4n) is 1.77. The summed E-state index contributed by atoms with van der Waals surface area (Å²) in [5.41, 5.74) is 1.08. The molecule has 1 atom stereocenters. The third-order valence-electron chi connectivity index (χ3n) is 2.59. The van der Waals surface area contributed by atoms with E-state index in [0.29, 0.717) is 24.4 Å². The Morgan fingerprint density at radius 3 is 2.11 bits per heavy atom. The van der Waals surface area contributed by atoms with Crippen LogP contribution in [0.25, 0.3) is 0 Å². The van der Waals surface area contributed by atoms with Crippen molar-refractivity contribution in [1.82, 2.24) is 0 Å².